The molecule has 4 rings (SSSR count). The summed E-state index contributed by atoms with van der Waals surface area (Å²) < 4.78 is 10.2. The van der Waals surface area contributed by atoms with Crippen molar-refractivity contribution in [3.8, 4) is 5.75 Å². The minimum atomic E-state index is 0.152. The molecule has 0 spiro atoms. The molecule has 0 unspecified atom stereocenters. The topological polar surface area (TPSA) is 44.1 Å². The van der Waals surface area contributed by atoms with Crippen molar-refractivity contribution in [2.75, 3.05) is 12.3 Å². The lowest BCUT2D eigenvalue weighted by molar-refractivity contribution is -0.648. The maximum absolute atomic E-state index is 6.61. The zero-order chi connectivity index (χ0) is 21.1. The highest BCUT2D eigenvalue weighted by atomic mass is 16.5. The molecule has 0 atom stereocenters. The average Bonchev–Trinajstić information content (AvgIpc) is 3.00. The maximum Gasteiger partial charge on any atom is 0.356 e. The van der Waals surface area contributed by atoms with Gasteiger partial charge in [0.25, 0.3) is 0 Å². The fourth-order valence-electron chi connectivity index (χ4n) is 3.78. The number of ether oxygens (including phenoxy) is 1. The van der Waals surface area contributed by atoms with Crippen molar-refractivity contribution < 1.29 is 9.30 Å². The van der Waals surface area contributed by atoms with Crippen LogP contribution < -0.4 is 15.0 Å². The minimum absolute atomic E-state index is 0.152. The molecule has 0 bridgehead atoms. The first kappa shape index (κ1) is 20.0. The normalized spacial score (nSPS) is 11.7. The first-order valence-electron chi connectivity index (χ1n) is 10.5. The van der Waals surface area contributed by atoms with Crippen LogP contribution in [0.15, 0.2) is 78.9 Å². The lowest BCUT2D eigenvalue weighted by Gasteiger charge is -2.19. The van der Waals surface area contributed by atoms with Gasteiger partial charge in [0.05, 0.1) is 6.54 Å². The van der Waals surface area contributed by atoms with E-state index in [2.05, 4.69) is 78.4 Å². The van der Waals surface area contributed by atoms with Crippen LogP contribution in [0.4, 0.5) is 5.95 Å². The van der Waals surface area contributed by atoms with Crippen LogP contribution in [-0.4, -0.2) is 11.2 Å². The highest BCUT2D eigenvalue weighted by molar-refractivity contribution is 5.73. The van der Waals surface area contributed by atoms with Crippen LogP contribution in [0.1, 0.15) is 31.9 Å². The quantitative estimate of drug-likeness (QED) is 0.466. The molecule has 154 valence electrons. The summed E-state index contributed by atoms with van der Waals surface area (Å²) in [5.74, 6) is 1.62. The minimum Gasteiger partial charge on any atom is -0.490 e. The molecule has 4 aromatic rings. The van der Waals surface area contributed by atoms with Crippen molar-refractivity contribution >= 4 is 17.0 Å². The average molecular weight is 401 g/mol. The van der Waals surface area contributed by atoms with Crippen LogP contribution in [0.5, 0.6) is 5.75 Å². The van der Waals surface area contributed by atoms with E-state index in [1.807, 2.05) is 30.3 Å². The van der Waals surface area contributed by atoms with Crippen molar-refractivity contribution in [2.45, 2.75) is 39.3 Å². The van der Waals surface area contributed by atoms with E-state index in [0.29, 0.717) is 13.2 Å². The fraction of sp³-hybridized carbons (Fsp3) is 0.269. The first-order chi connectivity index (χ1) is 14.4. The molecule has 2 N–H and O–H groups in total. The van der Waals surface area contributed by atoms with E-state index >= 15 is 0 Å². The monoisotopic (exact) mass is 400 g/mol. The molecule has 0 aliphatic carbocycles. The van der Waals surface area contributed by atoms with Gasteiger partial charge in [0.2, 0.25) is 0 Å². The molecule has 1 aromatic heterocycles. The summed E-state index contributed by atoms with van der Waals surface area (Å²) in [7, 11) is 0. The second kappa shape index (κ2) is 8.23. The number of hydrogen-bond donors (Lipinski definition) is 1. The molecule has 3 aromatic carbocycles. The predicted octanol–water partition coefficient (Wildman–Crippen LogP) is 4.94. The van der Waals surface area contributed by atoms with Gasteiger partial charge >= 0.3 is 5.95 Å². The van der Waals surface area contributed by atoms with Crippen LogP contribution in [0.3, 0.4) is 0 Å². The third-order valence-corrected chi connectivity index (χ3v) is 5.50. The number of benzene rings is 3. The number of para-hydroxylation sites is 3. The van der Waals surface area contributed by atoms with E-state index in [0.717, 1.165) is 29.3 Å². The number of fused-ring (bicyclic) bond motifs is 1. The Balaban J connectivity index is 1.58. The van der Waals surface area contributed by atoms with E-state index in [-0.39, 0.29) is 5.41 Å². The molecule has 4 heteroatoms. The molecule has 0 radical (unpaired) electrons. The zero-order valence-electron chi connectivity index (χ0n) is 18.0. The highest BCUT2D eigenvalue weighted by Gasteiger charge is 2.21. The Morgan fingerprint density at radius 3 is 2.23 bits per heavy atom. The molecule has 0 saturated carbocycles. The van der Waals surface area contributed by atoms with Gasteiger partial charge in [-0.25, -0.2) is 9.13 Å². The molecule has 0 aliphatic heterocycles. The number of hydrogen-bond acceptors (Lipinski definition) is 2. The molecule has 0 saturated heterocycles. The summed E-state index contributed by atoms with van der Waals surface area (Å²) in [5.41, 5.74) is 11.6. The fourth-order valence-corrected chi connectivity index (χ4v) is 3.78. The summed E-state index contributed by atoms with van der Waals surface area (Å²) in [6, 6.07) is 27.1. The van der Waals surface area contributed by atoms with Gasteiger partial charge in [-0.1, -0.05) is 75.4 Å². The Hall–Kier alpha value is -3.27. The Bertz CT molecular complexity index is 1120. The molecular weight excluding hydrogens is 370 g/mol. The van der Waals surface area contributed by atoms with Crippen molar-refractivity contribution in [2.24, 2.45) is 0 Å². The van der Waals surface area contributed by atoms with Crippen molar-refractivity contribution in [3.05, 3.63) is 90.0 Å². The third kappa shape index (κ3) is 4.18. The maximum atomic E-state index is 6.61. The molecular formula is C26H30N3O+. The third-order valence-electron chi connectivity index (χ3n) is 5.50. The number of aromatic nitrogens is 2. The second-order valence-corrected chi connectivity index (χ2v) is 8.69. The standard InChI is InChI=1S/C26H29N3O/c1-26(2,3)21-15-13-20(14-16-21)19-29-24-12-8-7-11-23(24)28(25(29)27)17-18-30-22-9-5-4-6-10-22/h4-16,27H,17-19H2,1-3H3/p+1. The largest absolute Gasteiger partial charge is 0.490 e. The number of nitrogens with two attached hydrogens (primary N) is 1. The number of rotatable bonds is 6. The van der Waals surface area contributed by atoms with Gasteiger partial charge in [0, 0.05) is 0 Å². The van der Waals surface area contributed by atoms with Crippen LogP contribution in [0.2, 0.25) is 0 Å². The molecule has 0 aliphatic rings. The Kier molecular flexibility index (Phi) is 5.49. The molecule has 0 fully saturated rings. The van der Waals surface area contributed by atoms with E-state index in [9.17, 15) is 0 Å². The van der Waals surface area contributed by atoms with Gasteiger partial charge in [-0.15, -0.1) is 0 Å². The summed E-state index contributed by atoms with van der Waals surface area (Å²) in [6.07, 6.45) is 0. The Morgan fingerprint density at radius 2 is 1.53 bits per heavy atom. The van der Waals surface area contributed by atoms with Gasteiger partial charge in [0.15, 0.2) is 0 Å². The Labute approximate surface area is 178 Å². The Morgan fingerprint density at radius 1 is 0.867 bits per heavy atom. The van der Waals surface area contributed by atoms with Crippen molar-refractivity contribution in [3.63, 3.8) is 0 Å². The summed E-state index contributed by atoms with van der Waals surface area (Å²) in [6.45, 7) is 8.70. The van der Waals surface area contributed by atoms with Gasteiger partial charge in [0.1, 0.15) is 29.9 Å². The zero-order valence-corrected chi connectivity index (χ0v) is 18.0. The second-order valence-electron chi connectivity index (χ2n) is 8.69. The molecule has 30 heavy (non-hydrogen) atoms. The molecule has 0 amide bonds. The SMILES string of the molecule is CC(C)(C)c1ccc(C[n+]2c(N)n(CCOc3ccccc3)c3ccccc32)cc1. The van der Waals surface area contributed by atoms with E-state index in [1.54, 1.807) is 0 Å². The smallest absolute Gasteiger partial charge is 0.356 e. The number of imidazole rings is 1. The number of nitrogens with zero attached hydrogens (tertiary/aromatic N) is 2. The summed E-state index contributed by atoms with van der Waals surface area (Å²) in [5, 5.41) is 0. The van der Waals surface area contributed by atoms with Gasteiger partial charge < -0.3 is 4.74 Å². The van der Waals surface area contributed by atoms with E-state index in [4.69, 9.17) is 10.5 Å². The lowest BCUT2D eigenvalue weighted by Crippen LogP contribution is -2.37. The number of anilines is 1. The van der Waals surface area contributed by atoms with Crippen LogP contribution in [0, 0.1) is 0 Å². The van der Waals surface area contributed by atoms with Crippen molar-refractivity contribution in [1.29, 1.82) is 0 Å². The summed E-state index contributed by atoms with van der Waals surface area (Å²) in [4.78, 5) is 0. The lowest BCUT2D eigenvalue weighted by atomic mass is 9.87. The van der Waals surface area contributed by atoms with E-state index < -0.39 is 0 Å². The first-order valence-corrected chi connectivity index (χ1v) is 10.5. The molecule has 4 nitrogen and oxygen atoms in total. The van der Waals surface area contributed by atoms with Gasteiger partial charge in [-0.3, -0.25) is 5.73 Å². The molecule has 1 heterocycles. The van der Waals surface area contributed by atoms with Crippen LogP contribution >= 0.6 is 0 Å². The summed E-state index contributed by atoms with van der Waals surface area (Å²) >= 11 is 0. The van der Waals surface area contributed by atoms with Gasteiger partial charge in [-0.05, 0) is 40.8 Å². The predicted molar refractivity (Wildman–Crippen MR) is 123 cm³/mol. The highest BCUT2D eigenvalue weighted by Crippen LogP contribution is 2.23. The van der Waals surface area contributed by atoms with Crippen molar-refractivity contribution in [1.82, 2.24) is 4.57 Å². The van der Waals surface area contributed by atoms with Crippen LogP contribution in [-0.2, 0) is 18.5 Å². The van der Waals surface area contributed by atoms with Gasteiger partial charge in [-0.2, -0.15) is 0 Å². The van der Waals surface area contributed by atoms with Crippen LogP contribution in [0.25, 0.3) is 11.0 Å². The number of nitrogen functional groups attached to an aromatic ring is 1. The van der Waals surface area contributed by atoms with E-state index in [1.165, 1.54) is 11.1 Å².